The first kappa shape index (κ1) is 13.4. The Hall–Kier alpha value is -2.55. The summed E-state index contributed by atoms with van der Waals surface area (Å²) in [4.78, 5) is 11.5. The molecule has 1 heterocycles. The van der Waals surface area contributed by atoms with E-state index in [2.05, 4.69) is 24.3 Å². The van der Waals surface area contributed by atoms with E-state index in [4.69, 9.17) is 9.47 Å². The number of fused-ring (bicyclic) bond motifs is 1. The Morgan fingerprint density at radius 3 is 2.86 bits per heavy atom. The summed E-state index contributed by atoms with van der Waals surface area (Å²) in [6.45, 7) is 0. The van der Waals surface area contributed by atoms with Gasteiger partial charge in [-0.2, -0.15) is 0 Å². The molecule has 106 valence electrons. The molecule has 2 aromatic carbocycles. The van der Waals surface area contributed by atoms with Crippen LogP contribution < -0.4 is 0 Å². The molecule has 0 saturated carbocycles. The zero-order chi connectivity index (χ0) is 14.7. The van der Waals surface area contributed by atoms with Crippen LogP contribution in [0.5, 0.6) is 0 Å². The zero-order valence-corrected chi connectivity index (χ0v) is 11.8. The van der Waals surface area contributed by atoms with E-state index in [0.717, 1.165) is 5.56 Å². The Labute approximate surface area is 123 Å². The van der Waals surface area contributed by atoms with Gasteiger partial charge in [-0.25, -0.2) is 4.79 Å². The molecule has 1 unspecified atom stereocenters. The molecule has 0 spiro atoms. The lowest BCUT2D eigenvalue weighted by Crippen LogP contribution is -2.21. The van der Waals surface area contributed by atoms with Gasteiger partial charge in [0, 0.05) is 6.42 Å². The highest BCUT2D eigenvalue weighted by atomic mass is 16.5. The van der Waals surface area contributed by atoms with Gasteiger partial charge in [-0.1, -0.05) is 48.5 Å². The molecule has 0 amide bonds. The highest BCUT2D eigenvalue weighted by Gasteiger charge is 2.19. The van der Waals surface area contributed by atoms with E-state index in [9.17, 15) is 4.79 Å². The van der Waals surface area contributed by atoms with Crippen molar-refractivity contribution in [3.8, 4) is 0 Å². The third kappa shape index (κ3) is 2.97. The first-order chi connectivity index (χ1) is 10.3. The second-order valence-corrected chi connectivity index (χ2v) is 4.92. The molecule has 3 nitrogen and oxygen atoms in total. The lowest BCUT2D eigenvalue weighted by molar-refractivity contribution is -0.142. The van der Waals surface area contributed by atoms with Gasteiger partial charge in [0.15, 0.2) is 0 Å². The predicted molar refractivity (Wildman–Crippen MR) is 82.6 cm³/mol. The second-order valence-electron chi connectivity index (χ2n) is 4.92. The summed E-state index contributed by atoms with van der Waals surface area (Å²) in [5, 5.41) is 2.37. The fraction of sp³-hybridized carbons (Fsp3) is 0.167. The summed E-state index contributed by atoms with van der Waals surface area (Å²) in [5.41, 5.74) is 1.11. The summed E-state index contributed by atoms with van der Waals surface area (Å²) in [5.74, 6) is 0.296. The monoisotopic (exact) mass is 280 g/mol. The molecule has 0 fully saturated rings. The van der Waals surface area contributed by atoms with Gasteiger partial charge in [-0.05, 0) is 22.4 Å². The maximum atomic E-state index is 11.5. The lowest BCUT2D eigenvalue weighted by Gasteiger charge is -2.19. The largest absolute Gasteiger partial charge is 0.501 e. The van der Waals surface area contributed by atoms with Crippen LogP contribution in [0.25, 0.3) is 16.8 Å². The summed E-state index contributed by atoms with van der Waals surface area (Å²) >= 11 is 0. The minimum atomic E-state index is -0.356. The maximum absolute atomic E-state index is 11.5. The third-order valence-corrected chi connectivity index (χ3v) is 3.52. The molecule has 0 radical (unpaired) electrons. The zero-order valence-electron chi connectivity index (χ0n) is 11.8. The Kier molecular flexibility index (Phi) is 3.73. The van der Waals surface area contributed by atoms with Gasteiger partial charge in [0.25, 0.3) is 0 Å². The molecule has 21 heavy (non-hydrogen) atoms. The quantitative estimate of drug-likeness (QED) is 0.804. The van der Waals surface area contributed by atoms with Gasteiger partial charge >= 0.3 is 5.97 Å². The SMILES string of the molecule is COC1=CC(=O)OC(/C=C/c2cccc3ccccc23)C1. The predicted octanol–water partition coefficient (Wildman–Crippen LogP) is 3.70. The normalized spacial score (nSPS) is 18.6. The number of carbonyl (C=O) groups excluding carboxylic acids is 1. The molecule has 3 heteroatoms. The van der Waals surface area contributed by atoms with E-state index in [1.54, 1.807) is 7.11 Å². The number of benzene rings is 2. The van der Waals surface area contributed by atoms with Crippen LogP contribution in [0.2, 0.25) is 0 Å². The van der Waals surface area contributed by atoms with Crippen molar-refractivity contribution in [3.05, 3.63) is 65.9 Å². The Morgan fingerprint density at radius 1 is 1.19 bits per heavy atom. The van der Waals surface area contributed by atoms with Gasteiger partial charge in [0.2, 0.25) is 0 Å². The average Bonchev–Trinajstić information content (AvgIpc) is 2.52. The highest BCUT2D eigenvalue weighted by molar-refractivity contribution is 5.90. The van der Waals surface area contributed by atoms with Gasteiger partial charge in [-0.15, -0.1) is 0 Å². The van der Waals surface area contributed by atoms with Crippen LogP contribution >= 0.6 is 0 Å². The standard InChI is InChI=1S/C18H16O3/c1-20-16-11-15(21-18(19)12-16)10-9-14-7-4-6-13-5-2-3-8-17(13)14/h2-10,12,15H,11H2,1H3/b10-9+. The van der Waals surface area contributed by atoms with Crippen LogP contribution in [0.1, 0.15) is 12.0 Å². The molecule has 0 N–H and O–H groups in total. The van der Waals surface area contributed by atoms with Gasteiger partial charge in [0.05, 0.1) is 13.2 Å². The van der Waals surface area contributed by atoms with Crippen LogP contribution in [-0.4, -0.2) is 19.2 Å². The Morgan fingerprint density at radius 2 is 2.00 bits per heavy atom. The first-order valence-electron chi connectivity index (χ1n) is 6.87. The van der Waals surface area contributed by atoms with Crippen LogP contribution in [0, 0.1) is 0 Å². The van der Waals surface area contributed by atoms with Crippen molar-refractivity contribution in [2.75, 3.05) is 7.11 Å². The number of ether oxygens (including phenoxy) is 2. The first-order valence-corrected chi connectivity index (χ1v) is 6.87. The van der Waals surface area contributed by atoms with Crippen molar-refractivity contribution in [1.29, 1.82) is 0 Å². The van der Waals surface area contributed by atoms with Crippen molar-refractivity contribution in [1.82, 2.24) is 0 Å². The summed E-state index contributed by atoms with van der Waals surface area (Å²) in [7, 11) is 1.57. The number of hydrogen-bond donors (Lipinski definition) is 0. The van der Waals surface area contributed by atoms with Crippen molar-refractivity contribution >= 4 is 22.8 Å². The summed E-state index contributed by atoms with van der Waals surface area (Å²) in [6, 6.07) is 14.4. The number of hydrogen-bond acceptors (Lipinski definition) is 3. The van der Waals surface area contributed by atoms with E-state index in [1.807, 2.05) is 30.4 Å². The van der Waals surface area contributed by atoms with Crippen LogP contribution in [0.15, 0.2) is 60.4 Å². The van der Waals surface area contributed by atoms with Gasteiger partial charge in [-0.3, -0.25) is 0 Å². The van der Waals surface area contributed by atoms with Gasteiger partial charge in [0.1, 0.15) is 11.9 Å². The van der Waals surface area contributed by atoms with E-state index >= 15 is 0 Å². The number of esters is 1. The van der Waals surface area contributed by atoms with E-state index < -0.39 is 0 Å². The molecule has 0 bridgehead atoms. The Balaban J connectivity index is 1.85. The summed E-state index contributed by atoms with van der Waals surface area (Å²) < 4.78 is 10.4. The average molecular weight is 280 g/mol. The van der Waals surface area contributed by atoms with Crippen LogP contribution in [-0.2, 0) is 14.3 Å². The summed E-state index contributed by atoms with van der Waals surface area (Å²) in [6.07, 6.45) is 5.59. The molecule has 2 aromatic rings. The Bertz CT molecular complexity index is 723. The molecule has 1 aliphatic heterocycles. The van der Waals surface area contributed by atoms with Gasteiger partial charge < -0.3 is 9.47 Å². The number of carbonyl (C=O) groups is 1. The van der Waals surface area contributed by atoms with E-state index in [1.165, 1.54) is 16.8 Å². The molecular weight excluding hydrogens is 264 g/mol. The van der Waals surface area contributed by atoms with Crippen molar-refractivity contribution in [2.24, 2.45) is 0 Å². The van der Waals surface area contributed by atoms with Crippen molar-refractivity contribution < 1.29 is 14.3 Å². The van der Waals surface area contributed by atoms with E-state index in [-0.39, 0.29) is 12.1 Å². The minimum Gasteiger partial charge on any atom is -0.501 e. The lowest BCUT2D eigenvalue weighted by atomic mass is 10.0. The molecule has 0 aliphatic carbocycles. The number of cyclic esters (lactones) is 1. The molecule has 0 saturated heterocycles. The molecule has 1 aliphatic rings. The maximum Gasteiger partial charge on any atom is 0.334 e. The van der Waals surface area contributed by atoms with Crippen molar-refractivity contribution in [3.63, 3.8) is 0 Å². The third-order valence-electron chi connectivity index (χ3n) is 3.52. The molecule has 0 aromatic heterocycles. The molecular formula is C18H16O3. The highest BCUT2D eigenvalue weighted by Crippen LogP contribution is 2.22. The minimum absolute atomic E-state index is 0.281. The second kappa shape index (κ2) is 5.83. The number of rotatable bonds is 3. The fourth-order valence-electron chi connectivity index (χ4n) is 2.47. The molecule has 1 atom stereocenters. The topological polar surface area (TPSA) is 35.5 Å². The molecule has 3 rings (SSSR count). The van der Waals surface area contributed by atoms with E-state index in [0.29, 0.717) is 12.2 Å². The smallest absolute Gasteiger partial charge is 0.334 e. The van der Waals surface area contributed by atoms with Crippen LogP contribution in [0.4, 0.5) is 0 Å². The van der Waals surface area contributed by atoms with Crippen molar-refractivity contribution in [2.45, 2.75) is 12.5 Å². The van der Waals surface area contributed by atoms with Crippen LogP contribution in [0.3, 0.4) is 0 Å². The fourth-order valence-corrected chi connectivity index (χ4v) is 2.47. The number of methoxy groups -OCH3 is 1.